The summed E-state index contributed by atoms with van der Waals surface area (Å²) in [5.74, 6) is -0.271. The molecule has 0 aromatic carbocycles. The maximum atomic E-state index is 10.8. The van der Waals surface area contributed by atoms with Gasteiger partial charge in [-0.25, -0.2) is 14.8 Å². The Morgan fingerprint density at radius 3 is 2.90 bits per heavy atom. The van der Waals surface area contributed by atoms with E-state index in [1.54, 1.807) is 6.20 Å². The molecular formula is C14H19N3O3. The average molecular weight is 277 g/mol. The second kappa shape index (κ2) is 5.01. The van der Waals surface area contributed by atoms with Crippen molar-refractivity contribution in [1.29, 1.82) is 0 Å². The molecule has 1 spiro atoms. The lowest BCUT2D eigenvalue weighted by Crippen LogP contribution is -2.44. The van der Waals surface area contributed by atoms with Crippen LogP contribution in [-0.2, 0) is 4.74 Å². The van der Waals surface area contributed by atoms with Crippen LogP contribution in [0.15, 0.2) is 12.4 Å². The van der Waals surface area contributed by atoms with Crippen LogP contribution < -0.4 is 4.90 Å². The number of carboxylic acids is 1. The number of carboxylic acid groups (broad SMARTS) is 1. The highest BCUT2D eigenvalue weighted by molar-refractivity contribution is 5.84. The Morgan fingerprint density at radius 2 is 2.30 bits per heavy atom. The van der Waals surface area contributed by atoms with E-state index in [0.717, 1.165) is 44.8 Å². The summed E-state index contributed by atoms with van der Waals surface area (Å²) in [7, 11) is 0. The summed E-state index contributed by atoms with van der Waals surface area (Å²) < 4.78 is 5.64. The molecule has 1 aliphatic carbocycles. The molecule has 20 heavy (non-hydrogen) atoms. The van der Waals surface area contributed by atoms with Crippen molar-refractivity contribution in [2.75, 3.05) is 24.6 Å². The molecule has 1 saturated heterocycles. The van der Waals surface area contributed by atoms with Gasteiger partial charge in [-0.15, -0.1) is 0 Å². The number of carbonyl (C=O) groups is 1. The number of ether oxygens (including phenoxy) is 1. The van der Waals surface area contributed by atoms with Gasteiger partial charge in [-0.2, -0.15) is 0 Å². The molecule has 2 aliphatic rings. The van der Waals surface area contributed by atoms with Gasteiger partial charge in [-0.3, -0.25) is 0 Å². The summed E-state index contributed by atoms with van der Waals surface area (Å²) in [6, 6.07) is 0. The predicted molar refractivity (Wildman–Crippen MR) is 72.9 cm³/mol. The molecule has 2 fully saturated rings. The van der Waals surface area contributed by atoms with Gasteiger partial charge in [-0.05, 0) is 31.6 Å². The lowest BCUT2D eigenvalue weighted by Gasteiger charge is -2.44. The van der Waals surface area contributed by atoms with Gasteiger partial charge < -0.3 is 14.7 Å². The predicted octanol–water partition coefficient (Wildman–Crippen LogP) is 1.57. The van der Waals surface area contributed by atoms with E-state index >= 15 is 0 Å². The van der Waals surface area contributed by atoms with Gasteiger partial charge in [0, 0.05) is 19.7 Å². The van der Waals surface area contributed by atoms with Crippen LogP contribution in [0.3, 0.4) is 0 Å². The highest BCUT2D eigenvalue weighted by Crippen LogP contribution is 2.49. The first-order chi connectivity index (χ1) is 9.62. The van der Waals surface area contributed by atoms with Crippen LogP contribution >= 0.6 is 0 Å². The molecule has 0 unspecified atom stereocenters. The fourth-order valence-electron chi connectivity index (χ4n) is 3.32. The summed E-state index contributed by atoms with van der Waals surface area (Å²) in [5.41, 5.74) is 0.357. The molecule has 0 bridgehead atoms. The van der Waals surface area contributed by atoms with Crippen molar-refractivity contribution in [2.45, 2.75) is 32.3 Å². The zero-order valence-corrected chi connectivity index (χ0v) is 11.6. The third-order valence-corrected chi connectivity index (χ3v) is 4.34. The Kier molecular flexibility index (Phi) is 3.33. The van der Waals surface area contributed by atoms with Gasteiger partial charge >= 0.3 is 5.97 Å². The topological polar surface area (TPSA) is 75.5 Å². The Bertz CT molecular complexity index is 497. The molecule has 1 aliphatic heterocycles. The van der Waals surface area contributed by atoms with E-state index in [-0.39, 0.29) is 5.69 Å². The van der Waals surface area contributed by atoms with Gasteiger partial charge in [0.15, 0.2) is 5.69 Å². The van der Waals surface area contributed by atoms with E-state index in [9.17, 15) is 4.79 Å². The van der Waals surface area contributed by atoms with Crippen molar-refractivity contribution in [3.8, 4) is 0 Å². The molecule has 1 saturated carbocycles. The lowest BCUT2D eigenvalue weighted by molar-refractivity contribution is -0.0669. The fraction of sp³-hybridized carbons (Fsp3) is 0.643. The highest BCUT2D eigenvalue weighted by Gasteiger charge is 2.49. The van der Waals surface area contributed by atoms with Crippen molar-refractivity contribution >= 4 is 11.8 Å². The molecule has 2 heterocycles. The molecule has 0 atom stereocenters. The van der Waals surface area contributed by atoms with Crippen molar-refractivity contribution < 1.29 is 14.6 Å². The van der Waals surface area contributed by atoms with Crippen molar-refractivity contribution in [3.05, 3.63) is 18.1 Å². The lowest BCUT2D eigenvalue weighted by atomic mass is 9.66. The van der Waals surface area contributed by atoms with E-state index in [0.29, 0.717) is 11.5 Å². The van der Waals surface area contributed by atoms with Crippen molar-refractivity contribution in [3.63, 3.8) is 0 Å². The zero-order valence-electron chi connectivity index (χ0n) is 11.6. The Morgan fingerprint density at radius 1 is 1.50 bits per heavy atom. The summed E-state index contributed by atoms with van der Waals surface area (Å²) in [4.78, 5) is 21.1. The average Bonchev–Trinajstić information content (AvgIpc) is 2.84. The normalized spacial score (nSPS) is 28.6. The van der Waals surface area contributed by atoms with Crippen LogP contribution in [0.1, 0.15) is 36.7 Å². The van der Waals surface area contributed by atoms with Gasteiger partial charge in [0.05, 0.1) is 18.5 Å². The molecule has 1 aromatic rings. The molecule has 0 amide bonds. The monoisotopic (exact) mass is 277 g/mol. The molecule has 1 N–H and O–H groups in total. The first-order valence-electron chi connectivity index (χ1n) is 7.04. The summed E-state index contributed by atoms with van der Waals surface area (Å²) in [5, 5.41) is 8.82. The smallest absolute Gasteiger partial charge is 0.356 e. The number of hydrogen-bond acceptors (Lipinski definition) is 5. The van der Waals surface area contributed by atoms with Crippen LogP contribution in [-0.4, -0.2) is 46.8 Å². The first-order valence-corrected chi connectivity index (χ1v) is 7.04. The third kappa shape index (κ3) is 2.35. The van der Waals surface area contributed by atoms with E-state index in [1.165, 1.54) is 6.20 Å². The molecule has 0 radical (unpaired) electrons. The SMILES string of the molecule is CCOC1CC2(CCN(c3cnc(C(=O)O)cn3)C2)C1. The summed E-state index contributed by atoms with van der Waals surface area (Å²) in [6.45, 7) is 4.75. The van der Waals surface area contributed by atoms with E-state index < -0.39 is 5.97 Å². The maximum absolute atomic E-state index is 10.8. The first kappa shape index (κ1) is 13.3. The number of hydrogen-bond donors (Lipinski definition) is 1. The van der Waals surface area contributed by atoms with Crippen LogP contribution in [0.2, 0.25) is 0 Å². The number of nitrogens with zero attached hydrogens (tertiary/aromatic N) is 3. The second-order valence-corrected chi connectivity index (χ2v) is 5.72. The standard InChI is InChI=1S/C14H19N3O3/c1-2-20-10-5-14(6-10)3-4-17(9-14)12-8-15-11(7-16-12)13(18)19/h7-8,10H,2-6,9H2,1H3,(H,18,19). The Labute approximate surface area is 117 Å². The third-order valence-electron chi connectivity index (χ3n) is 4.34. The minimum Gasteiger partial charge on any atom is -0.476 e. The van der Waals surface area contributed by atoms with E-state index in [4.69, 9.17) is 9.84 Å². The van der Waals surface area contributed by atoms with E-state index in [1.807, 2.05) is 6.92 Å². The molecule has 1 aromatic heterocycles. The van der Waals surface area contributed by atoms with Crippen LogP contribution in [0.5, 0.6) is 0 Å². The highest BCUT2D eigenvalue weighted by atomic mass is 16.5. The summed E-state index contributed by atoms with van der Waals surface area (Å²) >= 11 is 0. The largest absolute Gasteiger partial charge is 0.476 e. The Hall–Kier alpha value is -1.69. The second-order valence-electron chi connectivity index (χ2n) is 5.72. The zero-order chi connectivity index (χ0) is 14.2. The van der Waals surface area contributed by atoms with Gasteiger partial charge in [0.1, 0.15) is 5.82 Å². The van der Waals surface area contributed by atoms with Gasteiger partial charge in [0.25, 0.3) is 0 Å². The van der Waals surface area contributed by atoms with E-state index in [2.05, 4.69) is 14.9 Å². The quantitative estimate of drug-likeness (QED) is 0.900. The number of aromatic carboxylic acids is 1. The Balaban J connectivity index is 1.62. The number of aromatic nitrogens is 2. The van der Waals surface area contributed by atoms with Crippen molar-refractivity contribution in [2.24, 2.45) is 5.41 Å². The minimum atomic E-state index is -1.04. The van der Waals surface area contributed by atoms with Crippen LogP contribution in [0, 0.1) is 5.41 Å². The number of anilines is 1. The fourth-order valence-corrected chi connectivity index (χ4v) is 3.32. The molecule has 6 heteroatoms. The molecule has 108 valence electrons. The minimum absolute atomic E-state index is 0.0114. The van der Waals surface area contributed by atoms with Gasteiger partial charge in [-0.1, -0.05) is 0 Å². The van der Waals surface area contributed by atoms with Crippen LogP contribution in [0.4, 0.5) is 5.82 Å². The molecule has 6 nitrogen and oxygen atoms in total. The molecule has 3 rings (SSSR count). The number of rotatable bonds is 4. The van der Waals surface area contributed by atoms with Crippen LogP contribution in [0.25, 0.3) is 0 Å². The maximum Gasteiger partial charge on any atom is 0.356 e. The summed E-state index contributed by atoms with van der Waals surface area (Å²) in [6.07, 6.45) is 6.70. The van der Waals surface area contributed by atoms with Crippen molar-refractivity contribution in [1.82, 2.24) is 9.97 Å². The van der Waals surface area contributed by atoms with Gasteiger partial charge in [0.2, 0.25) is 0 Å². The molecular weight excluding hydrogens is 258 g/mol.